The number of benzene rings is 1. The summed E-state index contributed by atoms with van der Waals surface area (Å²) in [5.41, 5.74) is 1.04. The summed E-state index contributed by atoms with van der Waals surface area (Å²) < 4.78 is 11.3. The molecule has 1 aromatic carbocycles. The van der Waals surface area contributed by atoms with Gasteiger partial charge in [0.2, 0.25) is 11.8 Å². The number of hydrogen-bond acceptors (Lipinski definition) is 5. The molecular weight excluding hydrogens is 337 g/mol. The molecule has 0 aliphatic carbocycles. The Kier molecular flexibility index (Phi) is 4.05. The van der Waals surface area contributed by atoms with Gasteiger partial charge in [-0.2, -0.15) is 0 Å². The predicted molar refractivity (Wildman–Crippen MR) is 87.5 cm³/mol. The van der Waals surface area contributed by atoms with E-state index in [1.54, 1.807) is 18.2 Å². The summed E-state index contributed by atoms with van der Waals surface area (Å²) in [5.74, 6) is 1.04. The molecule has 1 spiro atoms. The van der Waals surface area contributed by atoms with Crippen molar-refractivity contribution in [3.63, 3.8) is 0 Å². The number of ether oxygens (including phenoxy) is 1. The summed E-state index contributed by atoms with van der Waals surface area (Å²) in [6.45, 7) is 4.50. The van der Waals surface area contributed by atoms with E-state index in [2.05, 4.69) is 15.1 Å². The van der Waals surface area contributed by atoms with Gasteiger partial charge in [0.15, 0.2) is 0 Å². The number of halogens is 2. The van der Waals surface area contributed by atoms with Gasteiger partial charge < -0.3 is 9.15 Å². The number of nitrogens with zero attached hydrogens (tertiary/aromatic N) is 3. The minimum absolute atomic E-state index is 0.336. The Morgan fingerprint density at radius 1 is 1.22 bits per heavy atom. The maximum atomic E-state index is 6.19. The Balaban J connectivity index is 1.46. The molecule has 0 bridgehead atoms. The van der Waals surface area contributed by atoms with Crippen molar-refractivity contribution in [3.8, 4) is 11.5 Å². The standard InChI is InChI=1S/C16H17Cl2N3O2/c17-11-1-2-12(13(18)7-11)15-20-19-14(23-15)8-21-5-3-16(9-21)4-6-22-10-16/h1-2,7H,3-6,8-10H2. The molecule has 1 aromatic heterocycles. The average Bonchev–Trinajstić information content (AvgIpc) is 3.24. The van der Waals surface area contributed by atoms with E-state index in [9.17, 15) is 0 Å². The molecule has 2 fully saturated rings. The monoisotopic (exact) mass is 353 g/mol. The first-order valence-electron chi connectivity index (χ1n) is 7.72. The van der Waals surface area contributed by atoms with Crippen LogP contribution in [0.25, 0.3) is 11.5 Å². The van der Waals surface area contributed by atoms with Crippen molar-refractivity contribution in [2.75, 3.05) is 26.3 Å². The molecule has 2 aromatic rings. The van der Waals surface area contributed by atoms with Crippen LogP contribution in [0.15, 0.2) is 22.6 Å². The first-order chi connectivity index (χ1) is 11.1. The Labute approximate surface area is 144 Å². The first kappa shape index (κ1) is 15.4. The highest BCUT2D eigenvalue weighted by Crippen LogP contribution is 2.38. The van der Waals surface area contributed by atoms with Gasteiger partial charge in [-0.3, -0.25) is 4.90 Å². The van der Waals surface area contributed by atoms with Gasteiger partial charge in [-0.15, -0.1) is 10.2 Å². The van der Waals surface area contributed by atoms with E-state index in [1.807, 2.05) is 0 Å². The van der Waals surface area contributed by atoms with E-state index in [0.29, 0.717) is 39.3 Å². The van der Waals surface area contributed by atoms with Crippen molar-refractivity contribution in [1.82, 2.24) is 15.1 Å². The molecular formula is C16H17Cl2N3O2. The topological polar surface area (TPSA) is 51.4 Å². The molecule has 122 valence electrons. The summed E-state index contributed by atoms with van der Waals surface area (Å²) in [7, 11) is 0. The van der Waals surface area contributed by atoms with Crippen LogP contribution in [-0.4, -0.2) is 41.4 Å². The lowest BCUT2D eigenvalue weighted by Crippen LogP contribution is -2.27. The van der Waals surface area contributed by atoms with Crippen LogP contribution in [0.1, 0.15) is 18.7 Å². The maximum absolute atomic E-state index is 6.19. The summed E-state index contributed by atoms with van der Waals surface area (Å²) in [5, 5.41) is 9.36. The minimum atomic E-state index is 0.336. The Hall–Kier alpha value is -1.14. The summed E-state index contributed by atoms with van der Waals surface area (Å²) in [4.78, 5) is 2.36. The minimum Gasteiger partial charge on any atom is -0.419 e. The van der Waals surface area contributed by atoms with Gasteiger partial charge >= 0.3 is 0 Å². The van der Waals surface area contributed by atoms with Gasteiger partial charge in [0.1, 0.15) is 0 Å². The second kappa shape index (κ2) is 6.06. The highest BCUT2D eigenvalue weighted by atomic mass is 35.5. The number of likely N-dealkylation sites (tertiary alicyclic amines) is 1. The zero-order valence-electron chi connectivity index (χ0n) is 12.6. The van der Waals surface area contributed by atoms with Gasteiger partial charge in [0.25, 0.3) is 0 Å². The van der Waals surface area contributed by atoms with E-state index in [-0.39, 0.29) is 0 Å². The molecule has 2 saturated heterocycles. The normalized spacial score (nSPS) is 24.8. The van der Waals surface area contributed by atoms with E-state index in [4.69, 9.17) is 32.4 Å². The predicted octanol–water partition coefficient (Wildman–Crippen LogP) is 3.66. The van der Waals surface area contributed by atoms with Crippen molar-refractivity contribution >= 4 is 23.2 Å². The lowest BCUT2D eigenvalue weighted by molar-refractivity contribution is 0.150. The Morgan fingerprint density at radius 2 is 2.13 bits per heavy atom. The van der Waals surface area contributed by atoms with Gasteiger partial charge in [-0.1, -0.05) is 23.2 Å². The first-order valence-corrected chi connectivity index (χ1v) is 8.47. The van der Waals surface area contributed by atoms with Crippen LogP contribution >= 0.6 is 23.2 Å². The van der Waals surface area contributed by atoms with Gasteiger partial charge in [-0.25, -0.2) is 0 Å². The van der Waals surface area contributed by atoms with Crippen molar-refractivity contribution in [3.05, 3.63) is 34.1 Å². The highest BCUT2D eigenvalue weighted by molar-refractivity contribution is 6.36. The van der Waals surface area contributed by atoms with E-state index in [0.717, 1.165) is 32.7 Å². The van der Waals surface area contributed by atoms with Crippen molar-refractivity contribution in [2.24, 2.45) is 5.41 Å². The fourth-order valence-corrected chi connectivity index (χ4v) is 3.90. The molecule has 3 heterocycles. The summed E-state index contributed by atoms with van der Waals surface area (Å²) in [6.07, 6.45) is 2.33. The summed E-state index contributed by atoms with van der Waals surface area (Å²) in [6, 6.07) is 5.23. The van der Waals surface area contributed by atoms with Crippen molar-refractivity contribution < 1.29 is 9.15 Å². The van der Waals surface area contributed by atoms with Crippen LogP contribution < -0.4 is 0 Å². The van der Waals surface area contributed by atoms with Crippen LogP contribution in [0.2, 0.25) is 10.0 Å². The fraction of sp³-hybridized carbons (Fsp3) is 0.500. The molecule has 0 saturated carbocycles. The van der Waals surface area contributed by atoms with E-state index >= 15 is 0 Å². The van der Waals surface area contributed by atoms with Gasteiger partial charge in [0, 0.05) is 23.6 Å². The second-order valence-electron chi connectivity index (χ2n) is 6.39. The maximum Gasteiger partial charge on any atom is 0.249 e. The van der Waals surface area contributed by atoms with Crippen LogP contribution in [0.5, 0.6) is 0 Å². The molecule has 2 aliphatic rings. The van der Waals surface area contributed by atoms with Crippen molar-refractivity contribution in [2.45, 2.75) is 19.4 Å². The lowest BCUT2D eigenvalue weighted by Gasteiger charge is -2.20. The third kappa shape index (κ3) is 3.11. The molecule has 23 heavy (non-hydrogen) atoms. The van der Waals surface area contributed by atoms with Gasteiger partial charge in [-0.05, 0) is 37.6 Å². The van der Waals surface area contributed by atoms with Crippen LogP contribution in [0, 0.1) is 5.41 Å². The van der Waals surface area contributed by atoms with Crippen LogP contribution in [0.4, 0.5) is 0 Å². The molecule has 1 unspecified atom stereocenters. The number of hydrogen-bond donors (Lipinski definition) is 0. The third-order valence-electron chi connectivity index (χ3n) is 4.69. The Morgan fingerprint density at radius 3 is 2.91 bits per heavy atom. The third-order valence-corrected chi connectivity index (χ3v) is 5.24. The van der Waals surface area contributed by atoms with Gasteiger partial charge in [0.05, 0.1) is 23.7 Å². The van der Waals surface area contributed by atoms with E-state index in [1.165, 1.54) is 6.42 Å². The number of rotatable bonds is 3. The number of aromatic nitrogens is 2. The van der Waals surface area contributed by atoms with Crippen LogP contribution in [0.3, 0.4) is 0 Å². The molecule has 5 nitrogen and oxygen atoms in total. The Bertz CT molecular complexity index is 713. The molecule has 7 heteroatoms. The second-order valence-corrected chi connectivity index (χ2v) is 7.23. The lowest BCUT2D eigenvalue weighted by atomic mass is 9.87. The molecule has 0 amide bonds. The molecule has 0 N–H and O–H groups in total. The van der Waals surface area contributed by atoms with E-state index < -0.39 is 0 Å². The largest absolute Gasteiger partial charge is 0.419 e. The molecule has 1 atom stereocenters. The average molecular weight is 354 g/mol. The molecule has 2 aliphatic heterocycles. The molecule has 4 rings (SSSR count). The van der Waals surface area contributed by atoms with Crippen LogP contribution in [-0.2, 0) is 11.3 Å². The highest BCUT2D eigenvalue weighted by Gasteiger charge is 2.41. The van der Waals surface area contributed by atoms with Crippen molar-refractivity contribution in [1.29, 1.82) is 0 Å². The quantitative estimate of drug-likeness (QED) is 0.842. The molecule has 0 radical (unpaired) electrons. The SMILES string of the molecule is Clc1ccc(-c2nnc(CN3CCC4(CCOC4)C3)o2)c(Cl)c1. The zero-order valence-corrected chi connectivity index (χ0v) is 14.1. The summed E-state index contributed by atoms with van der Waals surface area (Å²) >= 11 is 12.1. The zero-order chi connectivity index (χ0) is 15.9. The smallest absolute Gasteiger partial charge is 0.249 e. The fourth-order valence-electron chi connectivity index (χ4n) is 3.41.